The third-order valence-corrected chi connectivity index (χ3v) is 2.58. The van der Waals surface area contributed by atoms with Crippen LogP contribution in [-0.4, -0.2) is 25.0 Å². The predicted octanol–water partition coefficient (Wildman–Crippen LogP) is 1.34. The number of carbonyl (C=O) groups is 1. The molecular weight excluding hydrogens is 250 g/mol. The number of hydrogen-bond acceptors (Lipinski definition) is 6. The molecule has 100 valence electrons. The molecule has 0 saturated heterocycles. The van der Waals surface area contributed by atoms with Gasteiger partial charge in [0.2, 0.25) is 5.89 Å². The number of rotatable bonds is 4. The first-order valence-electron chi connectivity index (χ1n) is 5.60. The van der Waals surface area contributed by atoms with E-state index >= 15 is 0 Å². The molecule has 0 saturated carbocycles. The van der Waals surface area contributed by atoms with Gasteiger partial charge in [-0.1, -0.05) is 0 Å². The van der Waals surface area contributed by atoms with Crippen molar-refractivity contribution in [1.29, 1.82) is 0 Å². The van der Waals surface area contributed by atoms with Crippen molar-refractivity contribution >= 4 is 16.7 Å². The van der Waals surface area contributed by atoms with Crippen LogP contribution in [0.5, 0.6) is 11.5 Å². The summed E-state index contributed by atoms with van der Waals surface area (Å²) in [7, 11) is 2.97. The first-order chi connectivity index (χ1) is 9.05. The van der Waals surface area contributed by atoms with E-state index in [1.54, 1.807) is 6.07 Å². The first-order valence-corrected chi connectivity index (χ1v) is 5.60. The Kier molecular flexibility index (Phi) is 3.50. The molecule has 2 rings (SSSR count). The molecule has 1 aromatic heterocycles. The Morgan fingerprint density at radius 2 is 1.89 bits per heavy atom. The molecular formula is C13H13NO5. The van der Waals surface area contributed by atoms with Crippen molar-refractivity contribution in [3.63, 3.8) is 0 Å². The minimum absolute atomic E-state index is 0.0144. The summed E-state index contributed by atoms with van der Waals surface area (Å²) in [6, 6.07) is 3.08. The number of ketones is 1. The van der Waals surface area contributed by atoms with E-state index in [-0.39, 0.29) is 23.5 Å². The van der Waals surface area contributed by atoms with Gasteiger partial charge in [0.1, 0.15) is 5.78 Å². The number of methoxy groups -OCH3 is 2. The lowest BCUT2D eigenvalue weighted by atomic mass is 10.2. The molecule has 0 unspecified atom stereocenters. The van der Waals surface area contributed by atoms with Crippen LogP contribution in [0.4, 0.5) is 0 Å². The van der Waals surface area contributed by atoms with Gasteiger partial charge < -0.3 is 13.9 Å². The van der Waals surface area contributed by atoms with Crippen LogP contribution < -0.4 is 15.1 Å². The maximum Gasteiger partial charge on any atom is 0.346 e. The van der Waals surface area contributed by atoms with Gasteiger partial charge in [0.25, 0.3) is 0 Å². The van der Waals surface area contributed by atoms with Gasteiger partial charge >= 0.3 is 5.63 Å². The summed E-state index contributed by atoms with van der Waals surface area (Å²) in [5.41, 5.74) is -0.146. The van der Waals surface area contributed by atoms with Crippen LogP contribution in [-0.2, 0) is 11.2 Å². The summed E-state index contributed by atoms with van der Waals surface area (Å²) in [4.78, 5) is 27.0. The first kappa shape index (κ1) is 13.1. The molecule has 1 heterocycles. The van der Waals surface area contributed by atoms with Gasteiger partial charge in [0.15, 0.2) is 11.5 Å². The van der Waals surface area contributed by atoms with Crippen LogP contribution in [0, 0.1) is 0 Å². The summed E-state index contributed by atoms with van der Waals surface area (Å²) in [6.07, 6.45) is -0.0144. The highest BCUT2D eigenvalue weighted by Gasteiger charge is 2.13. The number of benzene rings is 1. The van der Waals surface area contributed by atoms with Gasteiger partial charge in [-0.3, -0.25) is 4.79 Å². The van der Waals surface area contributed by atoms with Crippen LogP contribution in [0.1, 0.15) is 12.8 Å². The fraction of sp³-hybridized carbons (Fsp3) is 0.308. The molecule has 6 heteroatoms. The zero-order valence-electron chi connectivity index (χ0n) is 10.9. The van der Waals surface area contributed by atoms with E-state index in [1.165, 1.54) is 27.2 Å². The molecule has 6 nitrogen and oxygen atoms in total. The lowest BCUT2D eigenvalue weighted by Crippen LogP contribution is -2.08. The maximum absolute atomic E-state index is 11.8. The quantitative estimate of drug-likeness (QED) is 0.828. The molecule has 0 aliphatic heterocycles. The highest BCUT2D eigenvalue weighted by Crippen LogP contribution is 2.30. The second-order valence-electron chi connectivity index (χ2n) is 4.00. The molecule has 19 heavy (non-hydrogen) atoms. The van der Waals surface area contributed by atoms with E-state index in [2.05, 4.69) is 4.98 Å². The van der Waals surface area contributed by atoms with E-state index in [4.69, 9.17) is 13.9 Å². The van der Waals surface area contributed by atoms with Crippen molar-refractivity contribution in [3.8, 4) is 11.5 Å². The van der Waals surface area contributed by atoms with E-state index in [0.29, 0.717) is 17.0 Å². The fourth-order valence-electron chi connectivity index (χ4n) is 1.73. The normalized spacial score (nSPS) is 10.5. The Hall–Kier alpha value is -2.37. The van der Waals surface area contributed by atoms with Gasteiger partial charge in [-0.25, -0.2) is 9.78 Å². The van der Waals surface area contributed by atoms with E-state index in [1.807, 2.05) is 0 Å². The molecule has 0 aliphatic carbocycles. The van der Waals surface area contributed by atoms with Crippen LogP contribution in [0.2, 0.25) is 0 Å². The number of Topliss-reactive ketones (excluding diaryl/α,β-unsaturated/α-hetero) is 1. The second kappa shape index (κ2) is 5.09. The average molecular weight is 263 g/mol. The van der Waals surface area contributed by atoms with Crippen molar-refractivity contribution in [2.45, 2.75) is 13.3 Å². The lowest BCUT2D eigenvalue weighted by Gasteiger charge is -2.08. The molecule has 0 fully saturated rings. The summed E-state index contributed by atoms with van der Waals surface area (Å²) in [5.74, 6) is 0.845. The van der Waals surface area contributed by atoms with Crippen molar-refractivity contribution in [3.05, 3.63) is 28.4 Å². The predicted molar refractivity (Wildman–Crippen MR) is 67.8 cm³/mol. The molecule has 1 aromatic carbocycles. The Bertz CT molecular complexity index is 689. The Balaban J connectivity index is 2.67. The van der Waals surface area contributed by atoms with Crippen molar-refractivity contribution in [2.24, 2.45) is 0 Å². The minimum Gasteiger partial charge on any atom is -0.493 e. The summed E-state index contributed by atoms with van der Waals surface area (Å²) in [6.45, 7) is 1.40. The molecule has 0 amide bonds. The van der Waals surface area contributed by atoms with Crippen molar-refractivity contribution in [2.75, 3.05) is 14.2 Å². The zero-order valence-corrected chi connectivity index (χ0v) is 10.9. The van der Waals surface area contributed by atoms with Crippen LogP contribution >= 0.6 is 0 Å². The van der Waals surface area contributed by atoms with E-state index in [9.17, 15) is 9.59 Å². The summed E-state index contributed by atoms with van der Waals surface area (Å²) < 4.78 is 15.2. The Morgan fingerprint density at radius 3 is 2.47 bits per heavy atom. The largest absolute Gasteiger partial charge is 0.493 e. The van der Waals surface area contributed by atoms with E-state index < -0.39 is 5.63 Å². The van der Waals surface area contributed by atoms with Gasteiger partial charge in [-0.15, -0.1) is 0 Å². The minimum atomic E-state index is -0.554. The zero-order chi connectivity index (χ0) is 14.0. The number of ether oxygens (including phenoxy) is 2. The van der Waals surface area contributed by atoms with Gasteiger partial charge in [0.05, 0.1) is 31.5 Å². The Labute approximate surface area is 109 Å². The van der Waals surface area contributed by atoms with Crippen LogP contribution in [0.3, 0.4) is 0 Å². The lowest BCUT2D eigenvalue weighted by molar-refractivity contribution is -0.116. The maximum atomic E-state index is 11.8. The number of nitrogens with zero attached hydrogens (tertiary/aromatic N) is 1. The molecule has 0 N–H and O–H groups in total. The average Bonchev–Trinajstić information content (AvgIpc) is 2.36. The van der Waals surface area contributed by atoms with Crippen LogP contribution in [0.15, 0.2) is 21.3 Å². The van der Waals surface area contributed by atoms with Crippen LogP contribution in [0.25, 0.3) is 10.9 Å². The molecule has 0 spiro atoms. The number of hydrogen-bond donors (Lipinski definition) is 0. The number of fused-ring (bicyclic) bond motifs is 1. The smallest absolute Gasteiger partial charge is 0.346 e. The Morgan fingerprint density at radius 1 is 1.26 bits per heavy atom. The highest BCUT2D eigenvalue weighted by molar-refractivity contribution is 5.82. The summed E-state index contributed by atoms with van der Waals surface area (Å²) in [5, 5.41) is 0.282. The van der Waals surface area contributed by atoms with Gasteiger partial charge in [0, 0.05) is 12.1 Å². The number of aromatic nitrogens is 1. The van der Waals surface area contributed by atoms with Crippen molar-refractivity contribution < 1.29 is 18.7 Å². The monoisotopic (exact) mass is 263 g/mol. The van der Waals surface area contributed by atoms with E-state index in [0.717, 1.165) is 0 Å². The van der Waals surface area contributed by atoms with Gasteiger partial charge in [-0.05, 0) is 6.92 Å². The third kappa shape index (κ3) is 2.57. The molecule has 0 atom stereocenters. The topological polar surface area (TPSA) is 78.6 Å². The SMILES string of the molecule is COc1cc2nc(CC(C)=O)oc(=O)c2cc1OC. The molecule has 2 aromatic rings. The molecule has 0 aliphatic rings. The number of carbonyl (C=O) groups excluding carboxylic acids is 1. The van der Waals surface area contributed by atoms with Gasteiger partial charge in [-0.2, -0.15) is 0 Å². The summed E-state index contributed by atoms with van der Waals surface area (Å²) >= 11 is 0. The fourth-order valence-corrected chi connectivity index (χ4v) is 1.73. The third-order valence-electron chi connectivity index (χ3n) is 2.58. The highest BCUT2D eigenvalue weighted by atomic mass is 16.5. The van der Waals surface area contributed by atoms with Crippen molar-refractivity contribution in [1.82, 2.24) is 4.98 Å². The molecule has 0 bridgehead atoms. The standard InChI is InChI=1S/C13H13NO5/c1-7(15)4-12-14-9-6-11(18-3)10(17-2)5-8(9)13(16)19-12/h5-6H,4H2,1-3H3. The molecule has 0 radical (unpaired) electrons. The second-order valence-corrected chi connectivity index (χ2v) is 4.00.